The van der Waals surface area contributed by atoms with Gasteiger partial charge in [-0.25, -0.2) is 0 Å². The summed E-state index contributed by atoms with van der Waals surface area (Å²) < 4.78 is 6.22. The Morgan fingerprint density at radius 2 is 1.87 bits per heavy atom. The summed E-state index contributed by atoms with van der Waals surface area (Å²) >= 11 is 0. The Hall–Kier alpha value is -0.263. The van der Waals surface area contributed by atoms with Gasteiger partial charge in [-0.1, -0.05) is 20.8 Å². The quantitative estimate of drug-likeness (QED) is 0.388. The van der Waals surface area contributed by atoms with E-state index in [4.69, 9.17) is 10.8 Å². The topological polar surface area (TPSA) is 9.23 Å². The van der Waals surface area contributed by atoms with Crippen molar-refractivity contribution in [1.82, 2.24) is 0 Å². The molecule has 0 aliphatic carbocycles. The molecular weight excluding hydrogens is 200 g/mol. The highest BCUT2D eigenvalue weighted by atomic mass is 28.4. The third-order valence-corrected chi connectivity index (χ3v) is 7.84. The molecule has 0 aliphatic heterocycles. The minimum absolute atomic E-state index is 0.299. The van der Waals surface area contributed by atoms with E-state index in [1.807, 2.05) is 0 Å². The van der Waals surface area contributed by atoms with E-state index >= 15 is 0 Å². The lowest BCUT2D eigenvalue weighted by atomic mass is 10.2. The van der Waals surface area contributed by atoms with E-state index in [-0.39, 0.29) is 0 Å². The van der Waals surface area contributed by atoms with Gasteiger partial charge in [-0.15, -0.1) is 12.3 Å². The molecule has 0 heterocycles. The fourth-order valence-corrected chi connectivity index (χ4v) is 2.71. The van der Waals surface area contributed by atoms with Crippen LogP contribution in [0.1, 0.15) is 47.0 Å². The van der Waals surface area contributed by atoms with Crippen LogP contribution < -0.4 is 0 Å². The van der Waals surface area contributed by atoms with Gasteiger partial charge in [-0.05, 0) is 37.9 Å². The van der Waals surface area contributed by atoms with E-state index in [1.165, 1.54) is 0 Å². The third kappa shape index (κ3) is 5.39. The van der Waals surface area contributed by atoms with Crippen LogP contribution in [-0.4, -0.2) is 14.4 Å². The van der Waals surface area contributed by atoms with Crippen molar-refractivity contribution in [2.75, 3.05) is 0 Å². The molecule has 0 fully saturated rings. The lowest BCUT2D eigenvalue weighted by molar-refractivity contribution is 0.187. The Morgan fingerprint density at radius 3 is 2.27 bits per heavy atom. The molecule has 0 amide bonds. The number of unbranched alkanes of at least 4 members (excludes halogenated alkanes) is 1. The smallest absolute Gasteiger partial charge is 0.192 e. The van der Waals surface area contributed by atoms with E-state index in [9.17, 15) is 0 Å². The van der Waals surface area contributed by atoms with Gasteiger partial charge in [-0.3, -0.25) is 0 Å². The summed E-state index contributed by atoms with van der Waals surface area (Å²) in [5.74, 6) is 2.67. The molecule has 0 aliphatic rings. The van der Waals surface area contributed by atoms with Gasteiger partial charge in [0.15, 0.2) is 8.32 Å². The minimum atomic E-state index is -1.58. The Labute approximate surface area is 96.7 Å². The average Bonchev–Trinajstić information content (AvgIpc) is 2.01. The van der Waals surface area contributed by atoms with Crippen molar-refractivity contribution in [2.45, 2.75) is 71.2 Å². The standard InChI is InChI=1S/C13H26OSi/c1-8-9-10-11-12(2)14-15(6,7)13(3,4)5/h1,12H,9-11H2,2-7H3/t12-/m0/s1. The van der Waals surface area contributed by atoms with E-state index in [0.29, 0.717) is 11.1 Å². The molecule has 0 rings (SSSR count). The van der Waals surface area contributed by atoms with Gasteiger partial charge >= 0.3 is 0 Å². The van der Waals surface area contributed by atoms with E-state index in [2.05, 4.69) is 46.7 Å². The van der Waals surface area contributed by atoms with Crippen molar-refractivity contribution in [1.29, 1.82) is 0 Å². The highest BCUT2D eigenvalue weighted by molar-refractivity contribution is 6.74. The zero-order valence-corrected chi connectivity index (χ0v) is 12.2. The fourth-order valence-electron chi connectivity index (χ4n) is 1.23. The average molecular weight is 226 g/mol. The molecule has 0 aromatic carbocycles. The van der Waals surface area contributed by atoms with Gasteiger partial charge < -0.3 is 4.43 Å². The molecule has 15 heavy (non-hydrogen) atoms. The van der Waals surface area contributed by atoms with Crippen LogP contribution >= 0.6 is 0 Å². The van der Waals surface area contributed by atoms with Crippen LogP contribution in [0, 0.1) is 12.3 Å². The predicted octanol–water partition coefficient (Wildman–Crippen LogP) is 4.20. The summed E-state index contributed by atoms with van der Waals surface area (Å²) in [7, 11) is -1.58. The van der Waals surface area contributed by atoms with Crippen LogP contribution in [0.3, 0.4) is 0 Å². The van der Waals surface area contributed by atoms with Crippen molar-refractivity contribution >= 4 is 8.32 Å². The SMILES string of the molecule is C#CCCC[C@H](C)O[Si](C)(C)C(C)(C)C. The van der Waals surface area contributed by atoms with Crippen molar-refractivity contribution in [3.05, 3.63) is 0 Å². The van der Waals surface area contributed by atoms with E-state index < -0.39 is 8.32 Å². The van der Waals surface area contributed by atoms with Crippen LogP contribution in [0.2, 0.25) is 18.1 Å². The molecule has 0 unspecified atom stereocenters. The number of terminal acetylenes is 1. The van der Waals surface area contributed by atoms with Crippen molar-refractivity contribution in [3.8, 4) is 12.3 Å². The second-order valence-electron chi connectivity index (χ2n) is 5.79. The molecule has 1 atom stereocenters. The molecule has 0 bridgehead atoms. The summed E-state index contributed by atoms with van der Waals surface area (Å²) in [6, 6.07) is 0. The maximum Gasteiger partial charge on any atom is 0.192 e. The number of hydrogen-bond donors (Lipinski definition) is 0. The predicted molar refractivity (Wildman–Crippen MR) is 70.4 cm³/mol. The molecule has 0 saturated carbocycles. The maximum atomic E-state index is 6.22. The highest BCUT2D eigenvalue weighted by Gasteiger charge is 2.38. The highest BCUT2D eigenvalue weighted by Crippen LogP contribution is 2.37. The van der Waals surface area contributed by atoms with Crippen LogP contribution in [0.5, 0.6) is 0 Å². The van der Waals surface area contributed by atoms with E-state index in [0.717, 1.165) is 19.3 Å². The maximum absolute atomic E-state index is 6.22. The number of rotatable bonds is 5. The van der Waals surface area contributed by atoms with Gasteiger partial charge in [0.05, 0.1) is 0 Å². The summed E-state index contributed by atoms with van der Waals surface area (Å²) in [5.41, 5.74) is 0. The van der Waals surface area contributed by atoms with Crippen LogP contribution in [0.15, 0.2) is 0 Å². The second kappa shape index (κ2) is 5.72. The summed E-state index contributed by atoms with van der Waals surface area (Å²) in [6.45, 7) is 13.6. The monoisotopic (exact) mass is 226 g/mol. The first-order valence-electron chi connectivity index (χ1n) is 5.82. The summed E-state index contributed by atoms with van der Waals surface area (Å²) in [6.07, 6.45) is 8.60. The Morgan fingerprint density at radius 1 is 1.33 bits per heavy atom. The molecular formula is C13H26OSi. The van der Waals surface area contributed by atoms with Crippen molar-refractivity contribution in [3.63, 3.8) is 0 Å². The van der Waals surface area contributed by atoms with Gasteiger partial charge in [0.1, 0.15) is 0 Å². The van der Waals surface area contributed by atoms with Crippen molar-refractivity contribution < 1.29 is 4.43 Å². The normalized spacial score (nSPS) is 14.7. The lowest BCUT2D eigenvalue weighted by Crippen LogP contribution is -2.43. The van der Waals surface area contributed by atoms with Crippen LogP contribution in [0.25, 0.3) is 0 Å². The van der Waals surface area contributed by atoms with Crippen molar-refractivity contribution in [2.24, 2.45) is 0 Å². The summed E-state index contributed by atoms with van der Waals surface area (Å²) in [4.78, 5) is 0. The Bertz CT molecular complexity index is 220. The Kier molecular flexibility index (Phi) is 5.62. The minimum Gasteiger partial charge on any atom is -0.414 e. The summed E-state index contributed by atoms with van der Waals surface area (Å²) in [5, 5.41) is 0.299. The third-order valence-electron chi connectivity index (χ3n) is 3.23. The molecule has 0 radical (unpaired) electrons. The van der Waals surface area contributed by atoms with Crippen LogP contribution in [0.4, 0.5) is 0 Å². The molecule has 0 saturated heterocycles. The van der Waals surface area contributed by atoms with Gasteiger partial charge in [0.2, 0.25) is 0 Å². The molecule has 0 aromatic heterocycles. The zero-order valence-electron chi connectivity index (χ0n) is 11.2. The largest absolute Gasteiger partial charge is 0.414 e. The molecule has 2 heteroatoms. The first-order chi connectivity index (χ1) is 6.70. The molecule has 1 nitrogen and oxygen atoms in total. The zero-order chi connectivity index (χ0) is 12.1. The van der Waals surface area contributed by atoms with Gasteiger partial charge in [0, 0.05) is 12.5 Å². The number of hydrogen-bond acceptors (Lipinski definition) is 1. The molecule has 0 aromatic rings. The van der Waals surface area contributed by atoms with Gasteiger partial charge in [-0.2, -0.15) is 0 Å². The molecule has 0 spiro atoms. The first-order valence-corrected chi connectivity index (χ1v) is 8.73. The van der Waals surface area contributed by atoms with E-state index in [1.54, 1.807) is 0 Å². The lowest BCUT2D eigenvalue weighted by Gasteiger charge is -2.38. The fraction of sp³-hybridized carbons (Fsp3) is 0.846. The first kappa shape index (κ1) is 14.7. The van der Waals surface area contributed by atoms with Gasteiger partial charge in [0.25, 0.3) is 0 Å². The Balaban J connectivity index is 4.06. The molecule has 88 valence electrons. The van der Waals surface area contributed by atoms with Crippen LogP contribution in [-0.2, 0) is 4.43 Å². The molecule has 0 N–H and O–H groups in total. The second-order valence-corrected chi connectivity index (χ2v) is 10.5.